The van der Waals surface area contributed by atoms with Crippen LogP contribution in [-0.4, -0.2) is 22.9 Å². The molecule has 1 aromatic carbocycles. The number of piperidine rings is 1. The number of rotatable bonds is 7. The second kappa shape index (κ2) is 7.78. The van der Waals surface area contributed by atoms with Gasteiger partial charge in [-0.05, 0) is 62.1 Å². The lowest BCUT2D eigenvalue weighted by Crippen LogP contribution is -2.62. The van der Waals surface area contributed by atoms with Gasteiger partial charge in [0.15, 0.2) is 0 Å². The Morgan fingerprint density at radius 3 is 1.62 bits per heavy atom. The van der Waals surface area contributed by atoms with Gasteiger partial charge in [-0.25, -0.2) is 0 Å². The van der Waals surface area contributed by atoms with Gasteiger partial charge in [-0.1, -0.05) is 33.8 Å². The third-order valence-corrected chi connectivity index (χ3v) is 6.56. The number of benzene rings is 1. The zero-order chi connectivity index (χ0) is 19.5. The Kier molecular flexibility index (Phi) is 6.12. The minimum Gasteiger partial charge on any atom is -0.366 e. The molecular formula is C21H33N3O2. The number of nitrogens with two attached hydrogens (primary N) is 2. The highest BCUT2D eigenvalue weighted by Crippen LogP contribution is 2.46. The predicted octanol–water partition coefficient (Wildman–Crippen LogP) is 3.47. The molecule has 1 aromatic rings. The maximum atomic E-state index is 12.1. The van der Waals surface area contributed by atoms with Crippen molar-refractivity contribution in [2.75, 3.05) is 0 Å². The summed E-state index contributed by atoms with van der Waals surface area (Å²) in [5.41, 5.74) is 12.9. The average molecular weight is 360 g/mol. The summed E-state index contributed by atoms with van der Waals surface area (Å²) >= 11 is 0. The largest absolute Gasteiger partial charge is 0.366 e. The summed E-state index contributed by atoms with van der Waals surface area (Å²) in [6.45, 7) is 8.79. The molecule has 0 aromatic heterocycles. The first-order chi connectivity index (χ1) is 12.3. The minimum atomic E-state index is -0.501. The van der Waals surface area contributed by atoms with E-state index in [-0.39, 0.29) is 17.0 Å². The molecule has 0 unspecified atom stereocenters. The van der Waals surface area contributed by atoms with Gasteiger partial charge in [0.05, 0.1) is 0 Å². The third kappa shape index (κ3) is 3.63. The van der Waals surface area contributed by atoms with Gasteiger partial charge in [0.2, 0.25) is 11.8 Å². The summed E-state index contributed by atoms with van der Waals surface area (Å²) in [7, 11) is 0. The number of nitrogens with one attached hydrogen (secondary N) is 1. The molecule has 0 spiro atoms. The molecule has 0 radical (unpaired) electrons. The molecular weight excluding hydrogens is 326 g/mol. The topological polar surface area (TPSA) is 98.2 Å². The van der Waals surface area contributed by atoms with Crippen LogP contribution in [0, 0.1) is 0 Å². The first-order valence-electron chi connectivity index (χ1n) is 9.78. The van der Waals surface area contributed by atoms with Crippen molar-refractivity contribution >= 4 is 11.8 Å². The number of carbonyl (C=O) groups excluding carboxylic acids is 2. The van der Waals surface area contributed by atoms with Crippen LogP contribution in [-0.2, 0) is 0 Å². The molecule has 1 saturated heterocycles. The zero-order valence-corrected chi connectivity index (χ0v) is 16.5. The Hall–Kier alpha value is -1.88. The molecule has 1 heterocycles. The van der Waals surface area contributed by atoms with Crippen LogP contribution >= 0.6 is 0 Å². The van der Waals surface area contributed by atoms with Crippen molar-refractivity contribution < 1.29 is 9.59 Å². The van der Waals surface area contributed by atoms with Crippen molar-refractivity contribution in [3.8, 4) is 0 Å². The lowest BCUT2D eigenvalue weighted by Gasteiger charge is -2.52. The second-order valence-electron chi connectivity index (χ2n) is 7.70. The fourth-order valence-corrected chi connectivity index (χ4v) is 4.75. The summed E-state index contributed by atoms with van der Waals surface area (Å²) in [4.78, 5) is 24.2. The van der Waals surface area contributed by atoms with Crippen LogP contribution in [0.4, 0.5) is 0 Å². The molecule has 1 fully saturated rings. The number of amides is 2. The molecule has 5 heteroatoms. The van der Waals surface area contributed by atoms with Crippen LogP contribution in [0.5, 0.6) is 0 Å². The number of carbonyl (C=O) groups is 2. The van der Waals surface area contributed by atoms with E-state index in [1.54, 1.807) is 18.2 Å². The first kappa shape index (κ1) is 20.4. The normalized spacial score (nSPS) is 19.2. The number of primary amides is 2. The second-order valence-corrected chi connectivity index (χ2v) is 7.70. The summed E-state index contributed by atoms with van der Waals surface area (Å²) < 4.78 is 0. The Balaban J connectivity index is 2.66. The van der Waals surface area contributed by atoms with E-state index in [9.17, 15) is 9.59 Å². The van der Waals surface area contributed by atoms with Crippen LogP contribution in [0.3, 0.4) is 0 Å². The average Bonchev–Trinajstić information content (AvgIpc) is 2.66. The molecule has 26 heavy (non-hydrogen) atoms. The van der Waals surface area contributed by atoms with Gasteiger partial charge in [-0.3, -0.25) is 9.59 Å². The van der Waals surface area contributed by atoms with Crippen molar-refractivity contribution in [3.63, 3.8) is 0 Å². The van der Waals surface area contributed by atoms with Gasteiger partial charge in [-0.2, -0.15) is 0 Å². The molecule has 1 aliphatic heterocycles. The molecule has 0 aliphatic carbocycles. The Labute approximate surface area is 156 Å². The molecule has 0 bridgehead atoms. The highest BCUT2D eigenvalue weighted by Gasteiger charge is 2.45. The quantitative estimate of drug-likeness (QED) is 0.695. The summed E-state index contributed by atoms with van der Waals surface area (Å²) in [6, 6.07) is 5.11. The first-order valence-corrected chi connectivity index (χ1v) is 9.78. The smallest absolute Gasteiger partial charge is 0.249 e. The van der Waals surface area contributed by atoms with Crippen LogP contribution < -0.4 is 16.8 Å². The highest BCUT2D eigenvalue weighted by atomic mass is 16.1. The lowest BCUT2D eigenvalue weighted by atomic mass is 9.66. The van der Waals surface area contributed by atoms with E-state index in [1.807, 2.05) is 0 Å². The Morgan fingerprint density at radius 1 is 0.923 bits per heavy atom. The van der Waals surface area contributed by atoms with Crippen molar-refractivity contribution in [1.82, 2.24) is 5.32 Å². The zero-order valence-electron chi connectivity index (χ0n) is 16.5. The van der Waals surface area contributed by atoms with E-state index in [0.29, 0.717) is 11.1 Å². The maximum absolute atomic E-state index is 12.1. The highest BCUT2D eigenvalue weighted by molar-refractivity contribution is 6.01. The van der Waals surface area contributed by atoms with E-state index in [2.05, 4.69) is 33.0 Å². The maximum Gasteiger partial charge on any atom is 0.249 e. The van der Waals surface area contributed by atoms with Gasteiger partial charge in [-0.15, -0.1) is 0 Å². The predicted molar refractivity (Wildman–Crippen MR) is 105 cm³/mol. The Morgan fingerprint density at radius 2 is 1.31 bits per heavy atom. The van der Waals surface area contributed by atoms with Crippen LogP contribution in [0.2, 0.25) is 0 Å². The van der Waals surface area contributed by atoms with E-state index in [4.69, 9.17) is 11.5 Å². The van der Waals surface area contributed by atoms with Crippen LogP contribution in [0.25, 0.3) is 0 Å². The van der Waals surface area contributed by atoms with Gasteiger partial charge in [0.1, 0.15) is 0 Å². The van der Waals surface area contributed by atoms with E-state index < -0.39 is 11.8 Å². The monoisotopic (exact) mass is 359 g/mol. The fraction of sp³-hybridized carbons (Fsp3) is 0.619. The fourth-order valence-electron chi connectivity index (χ4n) is 4.75. The number of hydrogen-bond donors (Lipinski definition) is 3. The van der Waals surface area contributed by atoms with E-state index in [0.717, 1.165) is 44.1 Å². The molecule has 144 valence electrons. The molecule has 0 atom stereocenters. The van der Waals surface area contributed by atoms with Crippen molar-refractivity contribution in [1.29, 1.82) is 0 Å². The molecule has 5 N–H and O–H groups in total. The van der Waals surface area contributed by atoms with E-state index >= 15 is 0 Å². The van der Waals surface area contributed by atoms with Gasteiger partial charge < -0.3 is 16.8 Å². The van der Waals surface area contributed by atoms with Crippen molar-refractivity contribution in [3.05, 3.63) is 34.9 Å². The molecule has 0 saturated carbocycles. The lowest BCUT2D eigenvalue weighted by molar-refractivity contribution is 0.0904. The minimum absolute atomic E-state index is 0.0192. The van der Waals surface area contributed by atoms with Crippen LogP contribution in [0.15, 0.2) is 18.2 Å². The van der Waals surface area contributed by atoms with Gasteiger partial charge in [0, 0.05) is 22.2 Å². The standard InChI is InChI=1S/C21H33N3O2/c1-5-20(6-2)12-14(13-21(7-3,8-4)24-20)17-15(18(22)25)10-9-11-16(17)19(23)26/h9-11,14,24H,5-8,12-13H2,1-4H3,(H2,22,25)(H2,23,26). The van der Waals surface area contributed by atoms with Gasteiger partial charge >= 0.3 is 0 Å². The third-order valence-electron chi connectivity index (χ3n) is 6.56. The van der Waals surface area contributed by atoms with Crippen molar-refractivity contribution in [2.45, 2.75) is 83.2 Å². The Bertz CT molecular complexity index is 624. The number of hydrogen-bond acceptors (Lipinski definition) is 3. The summed E-state index contributed by atoms with van der Waals surface area (Å²) in [5, 5.41) is 3.94. The summed E-state index contributed by atoms with van der Waals surface area (Å²) in [5.74, 6) is -0.931. The molecule has 2 amide bonds. The van der Waals surface area contributed by atoms with Crippen LogP contribution in [0.1, 0.15) is 98.4 Å². The van der Waals surface area contributed by atoms with Gasteiger partial charge in [0.25, 0.3) is 0 Å². The molecule has 1 aliphatic rings. The SMILES string of the molecule is CCC1(CC)CC(c2c(C(N)=O)cccc2C(N)=O)CC(CC)(CC)N1. The summed E-state index contributed by atoms with van der Waals surface area (Å²) in [6.07, 6.45) is 5.70. The molecule has 2 rings (SSSR count). The molecule has 5 nitrogen and oxygen atoms in total. The van der Waals surface area contributed by atoms with Crippen molar-refractivity contribution in [2.24, 2.45) is 11.5 Å². The van der Waals surface area contributed by atoms with E-state index in [1.165, 1.54) is 0 Å².